The second kappa shape index (κ2) is 7.29. The van der Waals surface area contributed by atoms with E-state index in [2.05, 4.69) is 58.9 Å². The van der Waals surface area contributed by atoms with Gasteiger partial charge in [-0.15, -0.1) is 0 Å². The molecule has 110 valence electrons. The second-order valence-electron chi connectivity index (χ2n) is 5.81. The highest BCUT2D eigenvalue weighted by Crippen LogP contribution is 2.27. The highest BCUT2D eigenvalue weighted by atomic mass is 15.2. The average molecular weight is 274 g/mol. The number of rotatable bonds is 6. The van der Waals surface area contributed by atoms with Gasteiger partial charge in [-0.1, -0.05) is 24.3 Å². The Bertz CT molecular complexity index is 450. The first-order valence-electron chi connectivity index (χ1n) is 7.34. The van der Waals surface area contributed by atoms with E-state index < -0.39 is 0 Å². The summed E-state index contributed by atoms with van der Waals surface area (Å²) in [5.74, 6) is 1.76. The van der Waals surface area contributed by atoms with E-state index in [9.17, 15) is 0 Å². The second-order valence-corrected chi connectivity index (χ2v) is 5.81. The van der Waals surface area contributed by atoms with Crippen LogP contribution in [0.1, 0.15) is 24.0 Å². The maximum atomic E-state index is 4.26. The van der Waals surface area contributed by atoms with E-state index >= 15 is 0 Å². The van der Waals surface area contributed by atoms with Gasteiger partial charge in [0.1, 0.15) is 0 Å². The maximum absolute atomic E-state index is 4.26. The molecule has 0 saturated heterocycles. The fourth-order valence-corrected chi connectivity index (χ4v) is 2.17. The van der Waals surface area contributed by atoms with E-state index in [-0.39, 0.29) is 0 Å². The summed E-state index contributed by atoms with van der Waals surface area (Å²) in [7, 11) is 6.01. The molecule has 1 aliphatic carbocycles. The lowest BCUT2D eigenvalue weighted by Gasteiger charge is -2.13. The Balaban J connectivity index is 1.82. The minimum Gasteiger partial charge on any atom is -0.356 e. The van der Waals surface area contributed by atoms with Crippen LogP contribution in [0.4, 0.5) is 0 Å². The number of hydrogen-bond donors (Lipinski definition) is 2. The highest BCUT2D eigenvalue weighted by molar-refractivity contribution is 5.79. The van der Waals surface area contributed by atoms with Gasteiger partial charge >= 0.3 is 0 Å². The molecule has 0 spiro atoms. The fraction of sp³-hybridized carbons (Fsp3) is 0.562. The molecule has 0 bridgehead atoms. The average Bonchev–Trinajstić information content (AvgIpc) is 3.23. The van der Waals surface area contributed by atoms with Crippen molar-refractivity contribution in [3.8, 4) is 0 Å². The Labute approximate surface area is 122 Å². The van der Waals surface area contributed by atoms with Crippen molar-refractivity contribution in [1.29, 1.82) is 0 Å². The molecule has 0 aromatic heterocycles. The van der Waals surface area contributed by atoms with Crippen LogP contribution in [0.5, 0.6) is 0 Å². The third-order valence-corrected chi connectivity index (χ3v) is 3.43. The van der Waals surface area contributed by atoms with Gasteiger partial charge in [0.2, 0.25) is 0 Å². The minimum atomic E-state index is 0.811. The summed E-state index contributed by atoms with van der Waals surface area (Å²) in [5.41, 5.74) is 2.63. The molecule has 1 aliphatic rings. The van der Waals surface area contributed by atoms with Crippen molar-refractivity contribution < 1.29 is 0 Å². The summed E-state index contributed by atoms with van der Waals surface area (Å²) in [4.78, 5) is 6.44. The number of aliphatic imine (C=N–C) groups is 1. The van der Waals surface area contributed by atoms with Crippen LogP contribution in [0.2, 0.25) is 0 Å². The van der Waals surface area contributed by atoms with Crippen LogP contribution < -0.4 is 10.6 Å². The number of benzene rings is 1. The van der Waals surface area contributed by atoms with Crippen LogP contribution in [-0.2, 0) is 13.1 Å². The molecule has 0 radical (unpaired) electrons. The normalized spacial score (nSPS) is 15.5. The number of guanidine groups is 1. The van der Waals surface area contributed by atoms with E-state index in [1.807, 2.05) is 7.05 Å². The monoisotopic (exact) mass is 274 g/mol. The lowest BCUT2D eigenvalue weighted by Crippen LogP contribution is -2.37. The molecule has 1 aromatic carbocycles. The topological polar surface area (TPSA) is 39.7 Å². The van der Waals surface area contributed by atoms with Crippen LogP contribution in [0.15, 0.2) is 29.3 Å². The molecular formula is C16H26N4. The first-order valence-corrected chi connectivity index (χ1v) is 7.34. The van der Waals surface area contributed by atoms with Crippen molar-refractivity contribution in [1.82, 2.24) is 15.5 Å². The number of hydrogen-bond acceptors (Lipinski definition) is 2. The molecule has 4 heteroatoms. The summed E-state index contributed by atoms with van der Waals surface area (Å²) >= 11 is 0. The summed E-state index contributed by atoms with van der Waals surface area (Å²) in [5, 5.41) is 6.75. The van der Waals surface area contributed by atoms with Gasteiger partial charge in [-0.2, -0.15) is 0 Å². The quantitative estimate of drug-likeness (QED) is 0.614. The Kier molecular flexibility index (Phi) is 5.41. The Morgan fingerprint density at radius 1 is 1.25 bits per heavy atom. The molecule has 0 amide bonds. The number of nitrogens with zero attached hydrogens (tertiary/aromatic N) is 2. The molecule has 20 heavy (non-hydrogen) atoms. The van der Waals surface area contributed by atoms with Crippen molar-refractivity contribution in [3.05, 3.63) is 35.4 Å². The molecule has 0 atom stereocenters. The van der Waals surface area contributed by atoms with Gasteiger partial charge in [0.25, 0.3) is 0 Å². The molecule has 2 N–H and O–H groups in total. The summed E-state index contributed by atoms with van der Waals surface area (Å²) in [6.07, 6.45) is 2.72. The lowest BCUT2D eigenvalue weighted by atomic mass is 10.1. The molecule has 2 rings (SSSR count). The van der Waals surface area contributed by atoms with Gasteiger partial charge in [0.15, 0.2) is 5.96 Å². The Morgan fingerprint density at radius 3 is 2.65 bits per heavy atom. The summed E-state index contributed by atoms with van der Waals surface area (Å²) < 4.78 is 0. The third kappa shape index (κ3) is 5.21. The van der Waals surface area contributed by atoms with Gasteiger partial charge in [-0.25, -0.2) is 0 Å². The van der Waals surface area contributed by atoms with Crippen molar-refractivity contribution >= 4 is 5.96 Å². The number of nitrogens with one attached hydrogen (secondary N) is 2. The first-order chi connectivity index (χ1) is 9.67. The largest absolute Gasteiger partial charge is 0.356 e. The van der Waals surface area contributed by atoms with Crippen LogP contribution in [0.25, 0.3) is 0 Å². The fourth-order valence-electron chi connectivity index (χ4n) is 2.17. The highest BCUT2D eigenvalue weighted by Gasteiger charge is 2.20. The molecule has 1 fully saturated rings. The van der Waals surface area contributed by atoms with Gasteiger partial charge in [-0.3, -0.25) is 4.99 Å². The zero-order chi connectivity index (χ0) is 14.4. The van der Waals surface area contributed by atoms with Gasteiger partial charge in [-0.05, 0) is 44.0 Å². The molecular weight excluding hydrogens is 248 g/mol. The first kappa shape index (κ1) is 14.9. The Morgan fingerprint density at radius 2 is 2.00 bits per heavy atom. The molecule has 4 nitrogen and oxygen atoms in total. The predicted octanol–water partition coefficient (Wildman–Crippen LogP) is 1.82. The zero-order valence-corrected chi connectivity index (χ0v) is 12.8. The van der Waals surface area contributed by atoms with Gasteiger partial charge < -0.3 is 15.5 Å². The Hall–Kier alpha value is -1.55. The van der Waals surface area contributed by atoms with E-state index in [0.717, 1.165) is 31.5 Å². The third-order valence-electron chi connectivity index (χ3n) is 3.43. The van der Waals surface area contributed by atoms with Crippen molar-refractivity contribution in [2.45, 2.75) is 25.9 Å². The minimum absolute atomic E-state index is 0.811. The molecule has 0 heterocycles. The van der Waals surface area contributed by atoms with Crippen molar-refractivity contribution in [3.63, 3.8) is 0 Å². The molecule has 1 aromatic rings. The maximum Gasteiger partial charge on any atom is 0.191 e. The van der Waals surface area contributed by atoms with Crippen LogP contribution in [-0.4, -0.2) is 38.5 Å². The van der Waals surface area contributed by atoms with Gasteiger partial charge in [0, 0.05) is 26.7 Å². The van der Waals surface area contributed by atoms with E-state index in [1.165, 1.54) is 24.0 Å². The summed E-state index contributed by atoms with van der Waals surface area (Å²) in [6, 6.07) is 8.70. The van der Waals surface area contributed by atoms with Crippen LogP contribution >= 0.6 is 0 Å². The van der Waals surface area contributed by atoms with E-state index in [4.69, 9.17) is 0 Å². The van der Waals surface area contributed by atoms with E-state index in [0.29, 0.717) is 0 Å². The molecule has 0 aliphatic heterocycles. The van der Waals surface area contributed by atoms with Crippen LogP contribution in [0, 0.1) is 5.92 Å². The van der Waals surface area contributed by atoms with E-state index in [1.54, 1.807) is 0 Å². The molecule has 1 saturated carbocycles. The zero-order valence-electron chi connectivity index (χ0n) is 12.8. The van der Waals surface area contributed by atoms with Gasteiger partial charge in [0.05, 0.1) is 0 Å². The smallest absolute Gasteiger partial charge is 0.191 e. The standard InChI is InChI=1S/C16H26N4/c1-17-16(18-10-13-7-8-13)19-11-14-5-4-6-15(9-14)12-20(2)3/h4-6,9,13H,7-8,10-12H2,1-3H3,(H2,17,18,19). The molecule has 0 unspecified atom stereocenters. The SMILES string of the molecule is CN=C(NCc1cccc(CN(C)C)c1)NCC1CC1. The van der Waals surface area contributed by atoms with Crippen molar-refractivity contribution in [2.75, 3.05) is 27.7 Å². The predicted molar refractivity (Wildman–Crippen MR) is 84.8 cm³/mol. The summed E-state index contributed by atoms with van der Waals surface area (Å²) in [6.45, 7) is 2.83. The lowest BCUT2D eigenvalue weighted by molar-refractivity contribution is 0.402. The van der Waals surface area contributed by atoms with Crippen LogP contribution in [0.3, 0.4) is 0 Å². The van der Waals surface area contributed by atoms with Crippen molar-refractivity contribution in [2.24, 2.45) is 10.9 Å².